The predicted octanol–water partition coefficient (Wildman–Crippen LogP) is 5.01. The minimum absolute atomic E-state index is 0.0148. The highest BCUT2D eigenvalue weighted by Gasteiger charge is 2.35. The SMILES string of the molecule is O=C1SC(=Cc2ccccc2)C(=O)N1CNc1c(Cl)cc([N+](=O)[O-])cc1Cl. The van der Waals surface area contributed by atoms with Crippen molar-refractivity contribution in [1.82, 2.24) is 4.90 Å². The molecule has 3 rings (SSSR count). The van der Waals surface area contributed by atoms with Crippen LogP contribution in [-0.2, 0) is 4.79 Å². The Morgan fingerprint density at radius 3 is 2.37 bits per heavy atom. The number of anilines is 1. The molecule has 1 heterocycles. The average Bonchev–Trinajstić information content (AvgIpc) is 2.88. The molecule has 0 aromatic heterocycles. The maximum atomic E-state index is 12.5. The Kier molecular flexibility index (Phi) is 5.69. The largest absolute Gasteiger partial charge is 0.365 e. The van der Waals surface area contributed by atoms with Crippen molar-refractivity contribution in [1.29, 1.82) is 0 Å². The van der Waals surface area contributed by atoms with E-state index in [9.17, 15) is 19.7 Å². The zero-order chi connectivity index (χ0) is 19.6. The van der Waals surface area contributed by atoms with Crippen molar-refractivity contribution in [3.05, 3.63) is 73.1 Å². The molecule has 2 aromatic carbocycles. The zero-order valence-electron chi connectivity index (χ0n) is 13.5. The lowest BCUT2D eigenvalue weighted by Crippen LogP contribution is -2.33. The summed E-state index contributed by atoms with van der Waals surface area (Å²) in [6, 6.07) is 11.4. The summed E-state index contributed by atoms with van der Waals surface area (Å²) in [7, 11) is 0. The van der Waals surface area contributed by atoms with E-state index in [-0.39, 0.29) is 28.1 Å². The van der Waals surface area contributed by atoms with Gasteiger partial charge in [0.2, 0.25) is 0 Å². The van der Waals surface area contributed by atoms with Crippen LogP contribution in [0.4, 0.5) is 16.2 Å². The molecule has 10 heteroatoms. The van der Waals surface area contributed by atoms with E-state index in [1.807, 2.05) is 30.3 Å². The Hall–Kier alpha value is -2.55. The van der Waals surface area contributed by atoms with Gasteiger partial charge in [-0.25, -0.2) is 0 Å². The van der Waals surface area contributed by atoms with Gasteiger partial charge in [-0.15, -0.1) is 0 Å². The monoisotopic (exact) mass is 423 g/mol. The fourth-order valence-corrected chi connectivity index (χ4v) is 3.78. The predicted molar refractivity (Wildman–Crippen MR) is 106 cm³/mol. The molecule has 138 valence electrons. The van der Waals surface area contributed by atoms with Gasteiger partial charge in [-0.1, -0.05) is 53.5 Å². The summed E-state index contributed by atoms with van der Waals surface area (Å²) in [5.74, 6) is -0.449. The van der Waals surface area contributed by atoms with E-state index >= 15 is 0 Å². The molecule has 1 saturated heterocycles. The average molecular weight is 424 g/mol. The molecule has 2 amide bonds. The smallest absolute Gasteiger partial charge is 0.295 e. The summed E-state index contributed by atoms with van der Waals surface area (Å²) in [5, 5.41) is 13.2. The number of carbonyl (C=O) groups is 2. The number of nitrogens with one attached hydrogen (secondary N) is 1. The number of nitro groups is 1. The summed E-state index contributed by atoms with van der Waals surface area (Å²) >= 11 is 12.9. The summed E-state index contributed by atoms with van der Waals surface area (Å²) in [5.41, 5.74) is 0.750. The van der Waals surface area contributed by atoms with Crippen molar-refractivity contribution in [2.45, 2.75) is 0 Å². The zero-order valence-corrected chi connectivity index (χ0v) is 15.8. The second-order valence-electron chi connectivity index (χ2n) is 5.40. The molecular formula is C17H11Cl2N3O4S. The minimum atomic E-state index is -0.619. The van der Waals surface area contributed by atoms with Crippen molar-refractivity contribution >= 4 is 63.6 Å². The molecule has 0 bridgehead atoms. The highest BCUT2D eigenvalue weighted by molar-refractivity contribution is 8.18. The fraction of sp³-hybridized carbons (Fsp3) is 0.0588. The first-order valence-corrected chi connectivity index (χ1v) is 9.12. The van der Waals surface area contributed by atoms with Gasteiger partial charge in [-0.2, -0.15) is 0 Å². The van der Waals surface area contributed by atoms with Crippen LogP contribution in [0, 0.1) is 10.1 Å². The van der Waals surface area contributed by atoms with Crippen LogP contribution in [0.3, 0.4) is 0 Å². The lowest BCUT2D eigenvalue weighted by Gasteiger charge is -2.16. The third-order valence-electron chi connectivity index (χ3n) is 3.62. The maximum Gasteiger partial charge on any atom is 0.295 e. The molecule has 7 nitrogen and oxygen atoms in total. The second kappa shape index (κ2) is 7.99. The van der Waals surface area contributed by atoms with Gasteiger partial charge in [0.25, 0.3) is 16.8 Å². The van der Waals surface area contributed by atoms with Gasteiger partial charge in [-0.3, -0.25) is 24.6 Å². The minimum Gasteiger partial charge on any atom is -0.365 e. The molecule has 2 aromatic rings. The Bertz CT molecular complexity index is 943. The number of nitrogens with zero attached hydrogens (tertiary/aromatic N) is 2. The summed E-state index contributed by atoms with van der Waals surface area (Å²) in [6.07, 6.45) is 1.64. The van der Waals surface area contributed by atoms with Crippen LogP contribution in [0.25, 0.3) is 6.08 Å². The number of nitro benzene ring substituents is 1. The van der Waals surface area contributed by atoms with Gasteiger partial charge >= 0.3 is 0 Å². The maximum absolute atomic E-state index is 12.5. The highest BCUT2D eigenvalue weighted by Crippen LogP contribution is 2.36. The van der Waals surface area contributed by atoms with Gasteiger partial charge < -0.3 is 5.32 Å². The number of halogens is 2. The van der Waals surface area contributed by atoms with Crippen LogP contribution in [0.1, 0.15) is 5.56 Å². The quantitative estimate of drug-likeness (QED) is 0.412. The van der Waals surface area contributed by atoms with Crippen LogP contribution in [0.5, 0.6) is 0 Å². The molecule has 0 atom stereocenters. The van der Waals surface area contributed by atoms with Crippen molar-refractivity contribution in [3.63, 3.8) is 0 Å². The Morgan fingerprint density at radius 2 is 1.78 bits per heavy atom. The third kappa shape index (κ3) is 4.24. The van der Waals surface area contributed by atoms with E-state index in [1.54, 1.807) is 6.08 Å². The molecule has 0 radical (unpaired) electrons. The number of carbonyl (C=O) groups excluding carboxylic acids is 2. The Morgan fingerprint density at radius 1 is 1.15 bits per heavy atom. The molecular weight excluding hydrogens is 413 g/mol. The van der Waals surface area contributed by atoms with Crippen LogP contribution < -0.4 is 5.32 Å². The molecule has 27 heavy (non-hydrogen) atoms. The highest BCUT2D eigenvalue weighted by atomic mass is 35.5. The molecule has 1 N–H and O–H groups in total. The first-order chi connectivity index (χ1) is 12.9. The normalized spacial score (nSPS) is 15.5. The van der Waals surface area contributed by atoms with Crippen LogP contribution >= 0.6 is 35.0 Å². The molecule has 1 aliphatic heterocycles. The number of amides is 2. The molecule has 0 aliphatic carbocycles. The van der Waals surface area contributed by atoms with Crippen molar-refractivity contribution in [2.75, 3.05) is 12.0 Å². The fourth-order valence-electron chi connectivity index (χ4n) is 2.33. The van der Waals surface area contributed by atoms with Crippen LogP contribution in [0.2, 0.25) is 10.0 Å². The van der Waals surface area contributed by atoms with Crippen LogP contribution in [-0.4, -0.2) is 27.6 Å². The molecule has 0 unspecified atom stereocenters. The van der Waals surface area contributed by atoms with E-state index in [4.69, 9.17) is 23.2 Å². The summed E-state index contributed by atoms with van der Waals surface area (Å²) in [4.78, 5) is 36.1. The van der Waals surface area contributed by atoms with E-state index in [2.05, 4.69) is 5.32 Å². The lowest BCUT2D eigenvalue weighted by molar-refractivity contribution is -0.384. The molecule has 0 spiro atoms. The van der Waals surface area contributed by atoms with Crippen molar-refractivity contribution < 1.29 is 14.5 Å². The number of thioether (sulfide) groups is 1. The Labute approximate surface area is 168 Å². The summed E-state index contributed by atoms with van der Waals surface area (Å²) in [6.45, 7) is -0.173. The molecule has 1 fully saturated rings. The number of hydrogen-bond donors (Lipinski definition) is 1. The number of hydrogen-bond acceptors (Lipinski definition) is 6. The van der Waals surface area contributed by atoms with E-state index in [0.29, 0.717) is 4.91 Å². The van der Waals surface area contributed by atoms with Crippen LogP contribution in [0.15, 0.2) is 47.4 Å². The molecule has 1 aliphatic rings. The van der Waals surface area contributed by atoms with Gasteiger partial charge in [0.1, 0.15) is 0 Å². The number of benzene rings is 2. The van der Waals surface area contributed by atoms with Gasteiger partial charge in [0.15, 0.2) is 0 Å². The summed E-state index contributed by atoms with van der Waals surface area (Å²) < 4.78 is 0. The first-order valence-electron chi connectivity index (χ1n) is 7.54. The van der Waals surface area contributed by atoms with Gasteiger partial charge in [0.05, 0.1) is 32.2 Å². The Balaban J connectivity index is 1.75. The topological polar surface area (TPSA) is 92.6 Å². The number of imide groups is 1. The van der Waals surface area contributed by atoms with E-state index < -0.39 is 16.1 Å². The number of non-ortho nitro benzene ring substituents is 1. The standard InChI is InChI=1S/C17H11Cl2N3O4S/c18-12-7-11(22(25)26)8-13(19)15(12)20-9-21-16(23)14(27-17(21)24)6-10-4-2-1-3-5-10/h1-8,20H,9H2. The first kappa shape index (κ1) is 19.2. The van der Waals surface area contributed by atoms with Crippen molar-refractivity contribution in [2.24, 2.45) is 0 Å². The second-order valence-corrected chi connectivity index (χ2v) is 7.20. The van der Waals surface area contributed by atoms with E-state index in [1.165, 1.54) is 0 Å². The van der Waals surface area contributed by atoms with Gasteiger partial charge in [0, 0.05) is 12.1 Å². The van der Waals surface area contributed by atoms with Gasteiger partial charge in [-0.05, 0) is 23.4 Å². The third-order valence-corrected chi connectivity index (χ3v) is 5.13. The van der Waals surface area contributed by atoms with Crippen molar-refractivity contribution in [3.8, 4) is 0 Å². The lowest BCUT2D eigenvalue weighted by atomic mass is 10.2. The molecule has 0 saturated carbocycles. The van der Waals surface area contributed by atoms with E-state index in [0.717, 1.165) is 34.4 Å². The number of rotatable bonds is 5.